The van der Waals surface area contributed by atoms with Crippen LogP contribution in [-0.2, 0) is 13.2 Å². The summed E-state index contributed by atoms with van der Waals surface area (Å²) in [6.45, 7) is 5.34. The smallest absolute Gasteiger partial charge is 0.133 e. The van der Waals surface area contributed by atoms with Crippen LogP contribution in [0.3, 0.4) is 0 Å². The predicted molar refractivity (Wildman–Crippen MR) is 85.3 cm³/mol. The summed E-state index contributed by atoms with van der Waals surface area (Å²) < 4.78 is 7.91. The number of aromatic nitrogens is 2. The Morgan fingerprint density at radius 2 is 1.95 bits per heavy atom. The molecule has 4 heteroatoms. The van der Waals surface area contributed by atoms with Gasteiger partial charge >= 0.3 is 0 Å². The Morgan fingerprint density at radius 3 is 2.76 bits per heavy atom. The first-order valence-corrected chi connectivity index (χ1v) is 7.13. The fraction of sp³-hybridized carbons (Fsp3) is 0.235. The minimum atomic E-state index is 0.442. The van der Waals surface area contributed by atoms with Gasteiger partial charge in [0.15, 0.2) is 0 Å². The van der Waals surface area contributed by atoms with Crippen LogP contribution in [0.4, 0.5) is 5.69 Å². The van der Waals surface area contributed by atoms with Crippen molar-refractivity contribution in [2.45, 2.75) is 27.0 Å². The number of para-hydroxylation sites is 1. The Hall–Kier alpha value is -2.49. The summed E-state index contributed by atoms with van der Waals surface area (Å²) in [5.74, 6) is 0.810. The van der Waals surface area contributed by atoms with Crippen molar-refractivity contribution < 1.29 is 4.74 Å². The van der Waals surface area contributed by atoms with Crippen molar-refractivity contribution in [2.75, 3.05) is 5.73 Å². The molecule has 1 heterocycles. The molecule has 2 aromatic carbocycles. The van der Waals surface area contributed by atoms with Crippen LogP contribution in [0.25, 0.3) is 10.9 Å². The number of ether oxygens (including phenoxy) is 1. The highest BCUT2D eigenvalue weighted by atomic mass is 16.5. The highest BCUT2D eigenvalue weighted by Gasteiger charge is 2.10. The van der Waals surface area contributed by atoms with E-state index in [-0.39, 0.29) is 0 Å². The van der Waals surface area contributed by atoms with Crippen molar-refractivity contribution >= 4 is 16.6 Å². The van der Waals surface area contributed by atoms with Gasteiger partial charge in [-0.1, -0.05) is 24.3 Å². The predicted octanol–water partition coefficient (Wildman–Crippen LogP) is 3.53. The van der Waals surface area contributed by atoms with Gasteiger partial charge in [0.25, 0.3) is 0 Å². The number of nitrogen functional groups attached to an aromatic ring is 1. The van der Waals surface area contributed by atoms with E-state index in [1.54, 1.807) is 0 Å². The quantitative estimate of drug-likeness (QED) is 0.744. The Morgan fingerprint density at radius 1 is 1.14 bits per heavy atom. The summed E-state index contributed by atoms with van der Waals surface area (Å²) in [6, 6.07) is 13.9. The lowest BCUT2D eigenvalue weighted by molar-refractivity contribution is 0.299. The van der Waals surface area contributed by atoms with E-state index in [1.165, 1.54) is 0 Å². The minimum Gasteiger partial charge on any atom is -0.487 e. The molecule has 21 heavy (non-hydrogen) atoms. The van der Waals surface area contributed by atoms with E-state index in [4.69, 9.17) is 10.5 Å². The van der Waals surface area contributed by atoms with Crippen molar-refractivity contribution in [3.8, 4) is 5.75 Å². The molecule has 3 aromatic rings. The summed E-state index contributed by atoms with van der Waals surface area (Å²) in [5, 5.41) is 5.78. The van der Waals surface area contributed by atoms with Gasteiger partial charge in [-0.3, -0.25) is 4.68 Å². The average molecular weight is 281 g/mol. The Bertz CT molecular complexity index is 777. The van der Waals surface area contributed by atoms with Gasteiger partial charge < -0.3 is 10.5 Å². The first-order chi connectivity index (χ1) is 10.2. The molecule has 0 radical (unpaired) electrons. The van der Waals surface area contributed by atoms with Crippen LogP contribution in [0.15, 0.2) is 42.5 Å². The summed E-state index contributed by atoms with van der Waals surface area (Å²) in [4.78, 5) is 0. The van der Waals surface area contributed by atoms with Crippen molar-refractivity contribution in [3.05, 3.63) is 53.7 Å². The number of hydrogen-bond donors (Lipinski definition) is 1. The van der Waals surface area contributed by atoms with Gasteiger partial charge in [0.2, 0.25) is 0 Å². The number of benzene rings is 2. The number of nitrogens with zero attached hydrogens (tertiary/aromatic N) is 2. The maximum atomic E-state index is 5.91. The molecule has 1 aromatic heterocycles. The van der Waals surface area contributed by atoms with E-state index < -0.39 is 0 Å². The minimum absolute atomic E-state index is 0.442. The van der Waals surface area contributed by atoms with Crippen LogP contribution in [-0.4, -0.2) is 9.78 Å². The van der Waals surface area contributed by atoms with Gasteiger partial charge in [-0.2, -0.15) is 5.10 Å². The Kier molecular flexibility index (Phi) is 3.52. The summed E-state index contributed by atoms with van der Waals surface area (Å²) >= 11 is 0. The molecule has 0 bridgehead atoms. The third-order valence-corrected chi connectivity index (χ3v) is 3.72. The molecule has 4 nitrogen and oxygen atoms in total. The van der Waals surface area contributed by atoms with Crippen LogP contribution in [0.1, 0.15) is 18.2 Å². The molecule has 0 aliphatic carbocycles. The fourth-order valence-electron chi connectivity index (χ4n) is 2.48. The first-order valence-electron chi connectivity index (χ1n) is 7.13. The highest BCUT2D eigenvalue weighted by Crippen LogP contribution is 2.25. The van der Waals surface area contributed by atoms with E-state index in [9.17, 15) is 0 Å². The van der Waals surface area contributed by atoms with E-state index in [0.717, 1.165) is 40.1 Å². The third kappa shape index (κ3) is 2.44. The molecule has 3 rings (SSSR count). The molecule has 0 aliphatic heterocycles. The summed E-state index contributed by atoms with van der Waals surface area (Å²) in [7, 11) is 0. The fourth-order valence-corrected chi connectivity index (χ4v) is 2.48. The molecule has 0 spiro atoms. The van der Waals surface area contributed by atoms with E-state index in [1.807, 2.05) is 41.9 Å². The SMILES string of the molecule is CCn1nc(COc2cccc(N)c2C)c2ccccc21. The summed E-state index contributed by atoms with van der Waals surface area (Å²) in [6.07, 6.45) is 0. The summed E-state index contributed by atoms with van der Waals surface area (Å²) in [5.41, 5.74) is 9.72. The van der Waals surface area contributed by atoms with Crippen molar-refractivity contribution in [1.29, 1.82) is 0 Å². The van der Waals surface area contributed by atoms with Crippen molar-refractivity contribution in [3.63, 3.8) is 0 Å². The second-order valence-electron chi connectivity index (χ2n) is 5.04. The van der Waals surface area contributed by atoms with Crippen LogP contribution in [0.5, 0.6) is 5.75 Å². The molecule has 0 amide bonds. The zero-order chi connectivity index (χ0) is 14.8. The second-order valence-corrected chi connectivity index (χ2v) is 5.04. The number of anilines is 1. The molecule has 108 valence electrons. The topological polar surface area (TPSA) is 53.1 Å². The molecule has 0 aliphatic rings. The van der Waals surface area contributed by atoms with Gasteiger partial charge in [0, 0.05) is 23.2 Å². The lowest BCUT2D eigenvalue weighted by Crippen LogP contribution is -2.02. The number of nitrogens with two attached hydrogens (primary N) is 1. The largest absolute Gasteiger partial charge is 0.487 e. The Balaban J connectivity index is 1.90. The molecule has 0 fully saturated rings. The molecule has 0 atom stereocenters. The maximum absolute atomic E-state index is 5.91. The number of aryl methyl sites for hydroxylation is 1. The number of hydrogen-bond acceptors (Lipinski definition) is 3. The van der Waals surface area contributed by atoms with Gasteiger partial charge in [0.05, 0.1) is 5.52 Å². The van der Waals surface area contributed by atoms with Crippen LogP contribution >= 0.6 is 0 Å². The average Bonchev–Trinajstić information content (AvgIpc) is 2.87. The van der Waals surface area contributed by atoms with Crippen LogP contribution in [0, 0.1) is 6.92 Å². The standard InChI is InChI=1S/C17H19N3O/c1-3-20-16-9-5-4-7-13(16)15(19-20)11-21-17-10-6-8-14(18)12(17)2/h4-10H,3,11,18H2,1-2H3. The zero-order valence-electron chi connectivity index (χ0n) is 12.3. The molecule has 0 saturated carbocycles. The van der Waals surface area contributed by atoms with Gasteiger partial charge in [-0.25, -0.2) is 0 Å². The van der Waals surface area contributed by atoms with E-state index in [0.29, 0.717) is 6.61 Å². The molecule has 2 N–H and O–H groups in total. The lowest BCUT2D eigenvalue weighted by atomic mass is 10.2. The van der Waals surface area contributed by atoms with Gasteiger partial charge in [0.1, 0.15) is 18.1 Å². The molecular formula is C17H19N3O. The van der Waals surface area contributed by atoms with Crippen LogP contribution < -0.4 is 10.5 Å². The highest BCUT2D eigenvalue weighted by molar-refractivity contribution is 5.81. The first kappa shape index (κ1) is 13.5. The van der Waals surface area contributed by atoms with Crippen molar-refractivity contribution in [1.82, 2.24) is 9.78 Å². The van der Waals surface area contributed by atoms with E-state index >= 15 is 0 Å². The molecular weight excluding hydrogens is 262 g/mol. The van der Waals surface area contributed by atoms with Crippen LogP contribution in [0.2, 0.25) is 0 Å². The molecule has 0 saturated heterocycles. The van der Waals surface area contributed by atoms with Gasteiger partial charge in [-0.05, 0) is 32.0 Å². The number of fused-ring (bicyclic) bond motifs is 1. The number of rotatable bonds is 4. The third-order valence-electron chi connectivity index (χ3n) is 3.72. The van der Waals surface area contributed by atoms with E-state index in [2.05, 4.69) is 24.2 Å². The Labute approximate surface area is 124 Å². The monoisotopic (exact) mass is 281 g/mol. The molecule has 0 unspecified atom stereocenters. The second kappa shape index (κ2) is 5.48. The van der Waals surface area contributed by atoms with Crippen molar-refractivity contribution in [2.24, 2.45) is 0 Å². The maximum Gasteiger partial charge on any atom is 0.133 e. The van der Waals surface area contributed by atoms with Gasteiger partial charge in [-0.15, -0.1) is 0 Å². The lowest BCUT2D eigenvalue weighted by Gasteiger charge is -2.09. The zero-order valence-corrected chi connectivity index (χ0v) is 12.3. The normalized spacial score (nSPS) is 11.0.